The van der Waals surface area contributed by atoms with Crippen LogP contribution >= 0.6 is 0 Å². The van der Waals surface area contributed by atoms with Gasteiger partial charge >= 0.3 is 6.09 Å². The predicted molar refractivity (Wildman–Crippen MR) is 94.2 cm³/mol. The van der Waals surface area contributed by atoms with Gasteiger partial charge in [0.15, 0.2) is 0 Å². The van der Waals surface area contributed by atoms with E-state index < -0.39 is 0 Å². The Morgan fingerprint density at radius 3 is 2.44 bits per heavy atom. The largest absolute Gasteiger partial charge is 0.450 e. The number of benzene rings is 1. The Kier molecular flexibility index (Phi) is 6.80. The molecule has 0 atom stereocenters. The molecule has 1 aliphatic heterocycles. The van der Waals surface area contributed by atoms with Gasteiger partial charge in [0.25, 0.3) is 0 Å². The van der Waals surface area contributed by atoms with Crippen molar-refractivity contribution in [2.24, 2.45) is 0 Å². The summed E-state index contributed by atoms with van der Waals surface area (Å²) in [4.78, 5) is 39.1. The lowest BCUT2D eigenvalue weighted by molar-refractivity contribution is -0.128. The zero-order valence-electron chi connectivity index (χ0n) is 14.7. The number of piperidine rings is 1. The molecule has 1 aromatic rings. The molecule has 0 radical (unpaired) electrons. The first kappa shape index (κ1) is 18.8. The average Bonchev–Trinajstić information content (AvgIpc) is 2.62. The van der Waals surface area contributed by atoms with Gasteiger partial charge in [0, 0.05) is 31.9 Å². The quantitative estimate of drug-likeness (QED) is 0.824. The smallest absolute Gasteiger partial charge is 0.409 e. The van der Waals surface area contributed by atoms with Crippen molar-refractivity contribution in [2.45, 2.75) is 32.2 Å². The van der Waals surface area contributed by atoms with Crippen molar-refractivity contribution in [3.05, 3.63) is 30.3 Å². The zero-order valence-corrected chi connectivity index (χ0v) is 14.7. The number of carbonyl (C=O) groups is 3. The van der Waals surface area contributed by atoms with Gasteiger partial charge in [0.2, 0.25) is 11.8 Å². The molecular formula is C18H25N3O4. The number of rotatable bonds is 5. The van der Waals surface area contributed by atoms with E-state index in [2.05, 4.69) is 5.32 Å². The summed E-state index contributed by atoms with van der Waals surface area (Å²) in [5, 5.41) is 2.88. The lowest BCUT2D eigenvalue weighted by Crippen LogP contribution is -2.47. The molecule has 3 amide bonds. The van der Waals surface area contributed by atoms with Crippen molar-refractivity contribution in [1.82, 2.24) is 10.2 Å². The molecule has 0 bridgehead atoms. The highest BCUT2D eigenvalue weighted by molar-refractivity contribution is 6.04. The van der Waals surface area contributed by atoms with Crippen molar-refractivity contribution in [1.29, 1.82) is 0 Å². The molecule has 1 aliphatic rings. The van der Waals surface area contributed by atoms with Crippen LogP contribution in [0.15, 0.2) is 30.3 Å². The van der Waals surface area contributed by atoms with Gasteiger partial charge in [-0.15, -0.1) is 0 Å². The molecule has 25 heavy (non-hydrogen) atoms. The molecule has 1 heterocycles. The summed E-state index contributed by atoms with van der Waals surface area (Å²) in [6.45, 7) is 3.21. The third-order valence-corrected chi connectivity index (χ3v) is 4.22. The van der Waals surface area contributed by atoms with Crippen LogP contribution < -0.4 is 10.2 Å². The lowest BCUT2D eigenvalue weighted by atomic mass is 10.1. The first-order valence-corrected chi connectivity index (χ1v) is 8.54. The first-order chi connectivity index (χ1) is 12.0. The minimum atomic E-state index is -0.313. The molecule has 1 saturated heterocycles. The Morgan fingerprint density at radius 2 is 1.84 bits per heavy atom. The number of hydrogen-bond acceptors (Lipinski definition) is 4. The van der Waals surface area contributed by atoms with Crippen LogP contribution in [0.2, 0.25) is 0 Å². The van der Waals surface area contributed by atoms with Gasteiger partial charge in [-0.05, 0) is 31.9 Å². The van der Waals surface area contributed by atoms with E-state index in [1.165, 1.54) is 4.90 Å². The van der Waals surface area contributed by atoms with Crippen molar-refractivity contribution < 1.29 is 19.1 Å². The first-order valence-electron chi connectivity index (χ1n) is 8.54. The van der Waals surface area contributed by atoms with E-state index in [0.29, 0.717) is 32.5 Å². The van der Waals surface area contributed by atoms with Crippen LogP contribution in [0.25, 0.3) is 0 Å². The Morgan fingerprint density at radius 1 is 1.20 bits per heavy atom. The number of hydrogen-bond donors (Lipinski definition) is 1. The second-order valence-corrected chi connectivity index (χ2v) is 5.99. The van der Waals surface area contributed by atoms with E-state index >= 15 is 0 Å². The van der Waals surface area contributed by atoms with Crippen LogP contribution in [0.5, 0.6) is 0 Å². The minimum Gasteiger partial charge on any atom is -0.450 e. The van der Waals surface area contributed by atoms with Crippen molar-refractivity contribution >= 4 is 23.6 Å². The minimum absolute atomic E-state index is 0.0204. The number of likely N-dealkylation sites (tertiary alicyclic amines) is 1. The molecule has 1 aromatic carbocycles. The van der Waals surface area contributed by atoms with Gasteiger partial charge in [-0.2, -0.15) is 0 Å². The number of amides is 3. The van der Waals surface area contributed by atoms with Gasteiger partial charge in [-0.1, -0.05) is 18.2 Å². The zero-order chi connectivity index (χ0) is 18.2. The van der Waals surface area contributed by atoms with Crippen LogP contribution in [0.3, 0.4) is 0 Å². The maximum Gasteiger partial charge on any atom is 0.409 e. The SMILES string of the molecule is CCOC(=O)N1CCC(NC(=O)CC(=O)N(C)c2ccccc2)CC1. The summed E-state index contributed by atoms with van der Waals surface area (Å²) in [7, 11) is 1.66. The van der Waals surface area contributed by atoms with Gasteiger partial charge in [0.05, 0.1) is 6.61 Å². The second kappa shape index (κ2) is 9.05. The highest BCUT2D eigenvalue weighted by atomic mass is 16.6. The molecule has 2 rings (SSSR count). The predicted octanol–water partition coefficient (Wildman–Crippen LogP) is 1.78. The molecule has 0 unspecified atom stereocenters. The summed E-state index contributed by atoms with van der Waals surface area (Å²) < 4.78 is 4.97. The Labute approximate surface area is 147 Å². The number of nitrogens with zero attached hydrogens (tertiary/aromatic N) is 2. The topological polar surface area (TPSA) is 79.0 Å². The maximum atomic E-state index is 12.2. The van der Waals surface area contributed by atoms with Crippen molar-refractivity contribution in [3.63, 3.8) is 0 Å². The van der Waals surface area contributed by atoms with Crippen LogP contribution in [0.4, 0.5) is 10.5 Å². The van der Waals surface area contributed by atoms with E-state index in [1.807, 2.05) is 30.3 Å². The summed E-state index contributed by atoms with van der Waals surface area (Å²) >= 11 is 0. The van der Waals surface area contributed by atoms with Gasteiger partial charge < -0.3 is 19.9 Å². The molecule has 0 saturated carbocycles. The number of anilines is 1. The summed E-state index contributed by atoms with van der Waals surface area (Å²) in [5.41, 5.74) is 0.753. The standard InChI is InChI=1S/C18H25N3O4/c1-3-25-18(24)21-11-9-14(10-12-21)19-16(22)13-17(23)20(2)15-7-5-4-6-8-15/h4-8,14H,3,9-13H2,1-2H3,(H,19,22). The highest BCUT2D eigenvalue weighted by Gasteiger charge is 2.25. The molecule has 0 aromatic heterocycles. The molecule has 136 valence electrons. The van der Waals surface area contributed by atoms with Gasteiger partial charge in [0.1, 0.15) is 6.42 Å². The fourth-order valence-electron chi connectivity index (χ4n) is 2.75. The number of ether oxygens (including phenoxy) is 1. The van der Waals surface area contributed by atoms with Crippen LogP contribution in [-0.4, -0.2) is 55.6 Å². The third-order valence-electron chi connectivity index (χ3n) is 4.22. The third kappa shape index (κ3) is 5.48. The van der Waals surface area contributed by atoms with Gasteiger partial charge in [-0.3, -0.25) is 9.59 Å². The number of para-hydroxylation sites is 1. The van der Waals surface area contributed by atoms with Crippen molar-refractivity contribution in [2.75, 3.05) is 31.6 Å². The molecule has 7 heteroatoms. The van der Waals surface area contributed by atoms with E-state index in [-0.39, 0.29) is 30.4 Å². The number of carbonyl (C=O) groups excluding carboxylic acids is 3. The maximum absolute atomic E-state index is 12.2. The molecule has 7 nitrogen and oxygen atoms in total. The van der Waals surface area contributed by atoms with Gasteiger partial charge in [-0.25, -0.2) is 4.79 Å². The summed E-state index contributed by atoms with van der Waals surface area (Å²) in [6.07, 6.45) is 0.816. The Bertz CT molecular complexity index is 598. The molecular weight excluding hydrogens is 322 g/mol. The normalized spacial score (nSPS) is 14.7. The fraction of sp³-hybridized carbons (Fsp3) is 0.500. The summed E-state index contributed by atoms with van der Waals surface area (Å²) in [6, 6.07) is 9.18. The van der Waals surface area contributed by atoms with E-state index in [4.69, 9.17) is 4.74 Å². The highest BCUT2D eigenvalue weighted by Crippen LogP contribution is 2.14. The molecule has 0 aliphatic carbocycles. The average molecular weight is 347 g/mol. The van der Waals surface area contributed by atoms with Crippen LogP contribution in [0, 0.1) is 0 Å². The fourth-order valence-corrected chi connectivity index (χ4v) is 2.75. The van der Waals surface area contributed by atoms with Crippen LogP contribution in [-0.2, 0) is 14.3 Å². The Hall–Kier alpha value is -2.57. The van der Waals surface area contributed by atoms with Crippen LogP contribution in [0.1, 0.15) is 26.2 Å². The lowest BCUT2D eigenvalue weighted by Gasteiger charge is -2.31. The molecule has 1 fully saturated rings. The van der Waals surface area contributed by atoms with E-state index in [9.17, 15) is 14.4 Å². The molecule has 0 spiro atoms. The van der Waals surface area contributed by atoms with Crippen molar-refractivity contribution in [3.8, 4) is 0 Å². The van der Waals surface area contributed by atoms with E-state index in [1.54, 1.807) is 18.9 Å². The summed E-state index contributed by atoms with van der Waals surface area (Å²) in [5.74, 6) is -0.546. The number of nitrogens with one attached hydrogen (secondary N) is 1. The Balaban J connectivity index is 1.76. The molecule has 1 N–H and O–H groups in total. The monoisotopic (exact) mass is 347 g/mol. The second-order valence-electron chi connectivity index (χ2n) is 5.99. The van der Waals surface area contributed by atoms with E-state index in [0.717, 1.165) is 5.69 Å².